The van der Waals surface area contributed by atoms with Crippen LogP contribution in [0.15, 0.2) is 75.3 Å². The number of sulfonamides is 2. The van der Waals surface area contributed by atoms with Crippen molar-refractivity contribution in [1.29, 1.82) is 0 Å². The number of carbonyl (C=O) groups excluding carboxylic acids is 1. The Kier molecular flexibility index (Phi) is 13.0. The number of rotatable bonds is 8. The van der Waals surface area contributed by atoms with Crippen LogP contribution >= 0.6 is 39.1 Å². The maximum Gasteiger partial charge on any atom is 0.416 e. The van der Waals surface area contributed by atoms with Crippen LogP contribution in [0.2, 0.25) is 10.0 Å². The maximum atomic E-state index is 13.1. The van der Waals surface area contributed by atoms with Crippen LogP contribution in [0.1, 0.15) is 32.7 Å². The van der Waals surface area contributed by atoms with Crippen LogP contribution in [0.25, 0.3) is 0 Å². The van der Waals surface area contributed by atoms with Gasteiger partial charge in [-0.3, -0.25) is 19.1 Å². The molecule has 0 saturated heterocycles. The van der Waals surface area contributed by atoms with Gasteiger partial charge in [-0.1, -0.05) is 35.3 Å². The van der Waals surface area contributed by atoms with Gasteiger partial charge < -0.3 is 0 Å². The zero-order valence-corrected chi connectivity index (χ0v) is 31.0. The lowest BCUT2D eigenvalue weighted by Crippen LogP contribution is -2.28. The molecule has 0 aliphatic rings. The molecule has 2 heterocycles. The number of pyridine rings is 2. The quantitative estimate of drug-likeness (QED) is 0.103. The standard InChI is InChI=1S/C16H15ClF3N3O4S.C13H9BrClF3N2O2S/c1-9-4-5-11(7-12(9)16(18,19)20)28(25,26)22-13-6-10(17)8-21-14(13)15(24)23(2)27-3;1-7-2-3-9(5-10(7)13(16,17)18)23(21,22)20-11-4-8(15)6-19-12(11)14/h4-8,22H,1-3H3;2-6,20H,1H3. The predicted octanol–water partition coefficient (Wildman–Crippen LogP) is 8.12. The Balaban J connectivity index is 0.000000281. The summed E-state index contributed by atoms with van der Waals surface area (Å²) in [5, 5.41) is 0.974. The molecule has 11 nitrogen and oxygen atoms in total. The molecule has 4 rings (SSSR count). The molecule has 2 aromatic heterocycles. The first-order valence-electron chi connectivity index (χ1n) is 13.6. The number of carbonyl (C=O) groups is 1. The van der Waals surface area contributed by atoms with E-state index in [2.05, 4.69) is 35.3 Å². The van der Waals surface area contributed by atoms with Crippen LogP contribution < -0.4 is 9.44 Å². The number of hydrogen-bond acceptors (Lipinski definition) is 8. The summed E-state index contributed by atoms with van der Waals surface area (Å²) < 4.78 is 132. The van der Waals surface area contributed by atoms with E-state index in [1.807, 2.05) is 0 Å². The van der Waals surface area contributed by atoms with Crippen molar-refractivity contribution in [3.63, 3.8) is 0 Å². The smallest absolute Gasteiger partial charge is 0.277 e. The normalized spacial score (nSPS) is 12.1. The van der Waals surface area contributed by atoms with Gasteiger partial charge in [0.15, 0.2) is 5.69 Å². The monoisotopic (exact) mass is 865 g/mol. The van der Waals surface area contributed by atoms with Crippen molar-refractivity contribution in [2.24, 2.45) is 0 Å². The van der Waals surface area contributed by atoms with Crippen molar-refractivity contribution in [3.05, 3.63) is 104 Å². The van der Waals surface area contributed by atoms with Crippen molar-refractivity contribution >= 4 is 76.5 Å². The van der Waals surface area contributed by atoms with E-state index in [0.717, 1.165) is 41.6 Å². The fourth-order valence-electron chi connectivity index (χ4n) is 3.97. The summed E-state index contributed by atoms with van der Waals surface area (Å²) in [6, 6.07) is 7.76. The topological polar surface area (TPSA) is 148 Å². The number of aromatic nitrogens is 2. The first-order chi connectivity index (χ1) is 23.4. The Morgan fingerprint density at radius 1 is 0.765 bits per heavy atom. The average Bonchev–Trinajstić information content (AvgIpc) is 3.01. The Morgan fingerprint density at radius 3 is 1.61 bits per heavy atom. The molecule has 0 aliphatic heterocycles. The minimum atomic E-state index is -4.73. The van der Waals surface area contributed by atoms with Crippen molar-refractivity contribution in [1.82, 2.24) is 15.0 Å². The Hall–Kier alpha value is -3.69. The van der Waals surface area contributed by atoms with Crippen LogP contribution in [0.5, 0.6) is 0 Å². The molecule has 0 saturated carbocycles. The minimum Gasteiger partial charge on any atom is -0.277 e. The van der Waals surface area contributed by atoms with Gasteiger partial charge >= 0.3 is 12.4 Å². The van der Waals surface area contributed by atoms with E-state index < -0.39 is 59.2 Å². The van der Waals surface area contributed by atoms with Gasteiger partial charge in [-0.15, -0.1) is 0 Å². The van der Waals surface area contributed by atoms with E-state index in [1.54, 1.807) is 0 Å². The molecule has 2 aromatic carbocycles. The highest BCUT2D eigenvalue weighted by Crippen LogP contribution is 2.35. The molecule has 4 aromatic rings. The second-order valence-electron chi connectivity index (χ2n) is 10.2. The van der Waals surface area contributed by atoms with Crippen LogP contribution in [-0.2, 0) is 37.2 Å². The number of hydrogen-bond donors (Lipinski definition) is 2. The van der Waals surface area contributed by atoms with Gasteiger partial charge in [0.25, 0.3) is 26.0 Å². The third kappa shape index (κ3) is 10.7. The van der Waals surface area contributed by atoms with Gasteiger partial charge in [-0.05, 0) is 77.3 Å². The van der Waals surface area contributed by atoms with Gasteiger partial charge in [-0.25, -0.2) is 31.9 Å². The van der Waals surface area contributed by atoms with Gasteiger partial charge in [0, 0.05) is 19.4 Å². The third-order valence-corrected chi connectivity index (χ3v) is 10.3. The average molecular weight is 867 g/mol. The number of hydroxylamine groups is 2. The molecule has 276 valence electrons. The molecule has 51 heavy (non-hydrogen) atoms. The number of benzene rings is 2. The maximum absolute atomic E-state index is 13.1. The lowest BCUT2D eigenvalue weighted by molar-refractivity contribution is -0.139. The summed E-state index contributed by atoms with van der Waals surface area (Å²) in [6.07, 6.45) is -6.97. The first kappa shape index (κ1) is 41.7. The molecular formula is C29H24BrCl2F6N5O6S2. The summed E-state index contributed by atoms with van der Waals surface area (Å²) >= 11 is 14.6. The lowest BCUT2D eigenvalue weighted by Gasteiger charge is -2.17. The van der Waals surface area contributed by atoms with Crippen molar-refractivity contribution < 1.29 is 52.8 Å². The van der Waals surface area contributed by atoms with Gasteiger partial charge in [-0.2, -0.15) is 26.3 Å². The molecule has 2 N–H and O–H groups in total. The molecule has 0 spiro atoms. The molecule has 0 radical (unpaired) electrons. The van der Waals surface area contributed by atoms with E-state index in [4.69, 9.17) is 28.0 Å². The molecule has 0 bridgehead atoms. The summed E-state index contributed by atoms with van der Waals surface area (Å²) in [4.78, 5) is 23.5. The lowest BCUT2D eigenvalue weighted by atomic mass is 10.1. The summed E-state index contributed by atoms with van der Waals surface area (Å²) in [7, 11) is -6.23. The summed E-state index contributed by atoms with van der Waals surface area (Å²) in [5.41, 5.74) is -2.93. The Labute approximate surface area is 306 Å². The van der Waals surface area contributed by atoms with Crippen molar-refractivity contribution in [2.45, 2.75) is 36.0 Å². The first-order valence-corrected chi connectivity index (χ1v) is 18.1. The fourth-order valence-corrected chi connectivity index (χ4v) is 6.90. The Bertz CT molecular complexity index is 2180. The number of amides is 1. The van der Waals surface area contributed by atoms with Gasteiger partial charge in [0.2, 0.25) is 0 Å². The van der Waals surface area contributed by atoms with Gasteiger partial charge in [0.05, 0.1) is 49.4 Å². The highest BCUT2D eigenvalue weighted by Gasteiger charge is 2.35. The Morgan fingerprint density at radius 2 is 1.18 bits per heavy atom. The zero-order chi connectivity index (χ0) is 38.7. The fraction of sp³-hybridized carbons (Fsp3) is 0.207. The van der Waals surface area contributed by atoms with E-state index in [1.165, 1.54) is 40.3 Å². The number of aryl methyl sites for hydroxylation is 2. The molecule has 0 fully saturated rings. The van der Waals surface area contributed by atoms with Gasteiger partial charge in [0.1, 0.15) is 4.60 Å². The minimum absolute atomic E-state index is 0.00852. The highest BCUT2D eigenvalue weighted by molar-refractivity contribution is 9.10. The molecule has 22 heteroatoms. The van der Waals surface area contributed by atoms with Crippen LogP contribution in [0.3, 0.4) is 0 Å². The predicted molar refractivity (Wildman–Crippen MR) is 179 cm³/mol. The number of anilines is 2. The molecule has 0 aliphatic carbocycles. The SMILES string of the molecule is CON(C)C(=O)c1ncc(Cl)cc1NS(=O)(=O)c1ccc(C)c(C(F)(F)F)c1.Cc1ccc(S(=O)(=O)Nc2cc(Cl)cnc2Br)cc1C(F)(F)F. The molecule has 0 unspecified atom stereocenters. The second kappa shape index (κ2) is 15.9. The zero-order valence-electron chi connectivity index (χ0n) is 26.3. The van der Waals surface area contributed by atoms with Crippen LogP contribution in [0, 0.1) is 13.8 Å². The summed E-state index contributed by atoms with van der Waals surface area (Å²) in [5.74, 6) is -0.795. The summed E-state index contributed by atoms with van der Waals surface area (Å²) in [6.45, 7) is 2.47. The van der Waals surface area contributed by atoms with Crippen molar-refractivity contribution in [2.75, 3.05) is 23.6 Å². The number of nitrogens with one attached hydrogen (secondary N) is 2. The van der Waals surface area contributed by atoms with E-state index in [-0.39, 0.29) is 42.8 Å². The number of nitrogens with zero attached hydrogens (tertiary/aromatic N) is 3. The van der Waals surface area contributed by atoms with E-state index >= 15 is 0 Å². The highest BCUT2D eigenvalue weighted by atomic mass is 79.9. The number of alkyl halides is 6. The van der Waals surface area contributed by atoms with Crippen molar-refractivity contribution in [3.8, 4) is 0 Å². The van der Waals surface area contributed by atoms with E-state index in [9.17, 15) is 48.0 Å². The molecule has 0 atom stereocenters. The van der Waals surface area contributed by atoms with E-state index in [0.29, 0.717) is 12.1 Å². The third-order valence-electron chi connectivity index (χ3n) is 6.56. The number of halogens is 9. The second-order valence-corrected chi connectivity index (χ2v) is 15.2. The molecule has 1 amide bonds. The largest absolute Gasteiger partial charge is 0.416 e. The molecular weight excluding hydrogens is 843 g/mol. The van der Waals surface area contributed by atoms with Crippen LogP contribution in [0.4, 0.5) is 37.7 Å². The van der Waals surface area contributed by atoms with Crippen LogP contribution in [-0.4, -0.2) is 51.9 Å².